The summed E-state index contributed by atoms with van der Waals surface area (Å²) < 4.78 is 6.07. The normalized spacial score (nSPS) is 40.5. The van der Waals surface area contributed by atoms with E-state index >= 15 is 0 Å². The van der Waals surface area contributed by atoms with Crippen LogP contribution >= 0.6 is 0 Å². The van der Waals surface area contributed by atoms with E-state index in [4.69, 9.17) is 4.74 Å². The predicted molar refractivity (Wildman–Crippen MR) is 155 cm³/mol. The smallest absolute Gasteiger partial charge is 0.320 e. The second-order valence-corrected chi connectivity index (χ2v) is 15.4. The number of carbonyl (C=O) groups excluding carboxylic acids is 1. The highest BCUT2D eigenvalue weighted by atomic mass is 16.5. The highest BCUT2D eigenvalue weighted by Crippen LogP contribution is 2.67. The molecule has 0 spiro atoms. The van der Waals surface area contributed by atoms with Crippen LogP contribution in [0.1, 0.15) is 125 Å². The minimum absolute atomic E-state index is 0.00288. The molecule has 3 saturated carbocycles. The lowest BCUT2D eigenvalue weighted by molar-refractivity contribution is -0.153. The molecule has 0 aromatic rings. The Morgan fingerprint density at radius 1 is 1.11 bits per heavy atom. The van der Waals surface area contributed by atoms with Crippen LogP contribution in [0, 0.1) is 40.4 Å². The summed E-state index contributed by atoms with van der Waals surface area (Å²) >= 11 is 0. The van der Waals surface area contributed by atoms with E-state index in [0.717, 1.165) is 68.4 Å². The fourth-order valence-corrected chi connectivity index (χ4v) is 10.3. The van der Waals surface area contributed by atoms with Crippen molar-refractivity contribution in [1.82, 2.24) is 4.90 Å². The number of piperidine rings is 1. The SMILES string of the molecule is CC(CCCC(C)(C)O)C1CCC2C3CC=C4CC(OC(=O)CN5CCCCC5)CCC4(C)C3CCC12C. The lowest BCUT2D eigenvalue weighted by Gasteiger charge is -2.58. The summed E-state index contributed by atoms with van der Waals surface area (Å²) in [5, 5.41) is 10.2. The molecule has 0 amide bonds. The summed E-state index contributed by atoms with van der Waals surface area (Å²) in [4.78, 5) is 15.0. The molecule has 1 saturated heterocycles. The van der Waals surface area contributed by atoms with Gasteiger partial charge in [0.1, 0.15) is 6.10 Å². The van der Waals surface area contributed by atoms with Crippen LogP contribution in [0.3, 0.4) is 0 Å². The van der Waals surface area contributed by atoms with Crippen LogP contribution in [0.5, 0.6) is 0 Å². The summed E-state index contributed by atoms with van der Waals surface area (Å²) in [6.45, 7) is 14.2. The first-order valence-electron chi connectivity index (χ1n) is 16.3. The van der Waals surface area contributed by atoms with Gasteiger partial charge in [-0.1, -0.05) is 51.7 Å². The van der Waals surface area contributed by atoms with Crippen LogP contribution in [0.2, 0.25) is 0 Å². The van der Waals surface area contributed by atoms with Gasteiger partial charge in [-0.05, 0) is 132 Å². The third-order valence-electron chi connectivity index (χ3n) is 12.4. The molecule has 0 aromatic heterocycles. The van der Waals surface area contributed by atoms with Gasteiger partial charge in [-0.3, -0.25) is 9.69 Å². The molecule has 0 aromatic carbocycles. The fraction of sp³-hybridized carbons (Fsp3) is 0.912. The molecule has 216 valence electrons. The van der Waals surface area contributed by atoms with Crippen molar-refractivity contribution < 1.29 is 14.6 Å². The minimum Gasteiger partial charge on any atom is -0.461 e. The van der Waals surface area contributed by atoms with E-state index in [1.54, 1.807) is 5.57 Å². The maximum absolute atomic E-state index is 12.7. The second kappa shape index (κ2) is 11.2. The Hall–Kier alpha value is -0.870. The molecule has 5 aliphatic rings. The topological polar surface area (TPSA) is 49.8 Å². The van der Waals surface area contributed by atoms with E-state index in [2.05, 4.69) is 31.7 Å². The van der Waals surface area contributed by atoms with Crippen molar-refractivity contribution in [2.45, 2.75) is 136 Å². The van der Waals surface area contributed by atoms with Crippen LogP contribution in [0.4, 0.5) is 0 Å². The van der Waals surface area contributed by atoms with Crippen LogP contribution in [-0.2, 0) is 9.53 Å². The van der Waals surface area contributed by atoms with Crippen molar-refractivity contribution in [1.29, 1.82) is 0 Å². The standard InChI is InChI=1S/C34H57NO3/c1-24(10-9-17-32(2,3)37)28-13-14-29-27-12-11-25-22-26(38-31(36)23-35-20-7-6-8-21-35)15-18-33(25,4)30(27)16-19-34(28,29)5/h11,24,26-30,37H,6-10,12-23H2,1-5H3. The zero-order valence-electron chi connectivity index (χ0n) is 25.3. The molecule has 1 N–H and O–H groups in total. The zero-order valence-corrected chi connectivity index (χ0v) is 25.3. The van der Waals surface area contributed by atoms with Gasteiger partial charge < -0.3 is 9.84 Å². The van der Waals surface area contributed by atoms with E-state index in [9.17, 15) is 9.90 Å². The molecule has 4 aliphatic carbocycles. The highest BCUT2D eigenvalue weighted by molar-refractivity contribution is 5.72. The van der Waals surface area contributed by atoms with Gasteiger partial charge in [0, 0.05) is 6.42 Å². The minimum atomic E-state index is -0.536. The average Bonchev–Trinajstić information content (AvgIpc) is 3.21. The van der Waals surface area contributed by atoms with Crippen LogP contribution in [-0.4, -0.2) is 47.3 Å². The molecule has 5 rings (SSSR count). The molecule has 4 heteroatoms. The Morgan fingerprint density at radius 3 is 2.61 bits per heavy atom. The lowest BCUT2D eigenvalue weighted by atomic mass is 9.47. The molecular weight excluding hydrogens is 470 g/mol. The van der Waals surface area contributed by atoms with E-state index in [0.29, 0.717) is 17.4 Å². The van der Waals surface area contributed by atoms with Crippen LogP contribution < -0.4 is 0 Å². The number of allylic oxidation sites excluding steroid dienone is 1. The van der Waals surface area contributed by atoms with Crippen LogP contribution in [0.25, 0.3) is 0 Å². The monoisotopic (exact) mass is 527 g/mol. The number of rotatable bonds is 8. The molecule has 0 radical (unpaired) electrons. The number of ether oxygens (including phenoxy) is 1. The third kappa shape index (κ3) is 5.78. The van der Waals surface area contributed by atoms with Crippen molar-refractivity contribution in [3.8, 4) is 0 Å². The predicted octanol–water partition coefficient (Wildman–Crippen LogP) is 7.54. The second-order valence-electron chi connectivity index (χ2n) is 15.4. The molecule has 4 nitrogen and oxygen atoms in total. The first-order valence-corrected chi connectivity index (χ1v) is 16.3. The van der Waals surface area contributed by atoms with Gasteiger partial charge in [-0.2, -0.15) is 0 Å². The van der Waals surface area contributed by atoms with Gasteiger partial charge in [0.2, 0.25) is 0 Å². The number of fused-ring (bicyclic) bond motifs is 5. The summed E-state index contributed by atoms with van der Waals surface area (Å²) in [5.74, 6) is 4.08. The Balaban J connectivity index is 1.20. The number of carbonyl (C=O) groups is 1. The summed E-state index contributed by atoms with van der Waals surface area (Å²) in [6.07, 6.45) is 19.7. The lowest BCUT2D eigenvalue weighted by Crippen LogP contribution is -2.51. The van der Waals surface area contributed by atoms with Crippen molar-refractivity contribution >= 4 is 5.97 Å². The quantitative estimate of drug-likeness (QED) is 0.262. The molecule has 1 heterocycles. The van der Waals surface area contributed by atoms with Crippen LogP contribution in [0.15, 0.2) is 11.6 Å². The van der Waals surface area contributed by atoms with Crippen molar-refractivity contribution in [3.63, 3.8) is 0 Å². The number of likely N-dealkylation sites (tertiary alicyclic amines) is 1. The maximum atomic E-state index is 12.7. The molecule has 8 unspecified atom stereocenters. The van der Waals surface area contributed by atoms with Gasteiger partial charge in [0.15, 0.2) is 0 Å². The van der Waals surface area contributed by atoms with Gasteiger partial charge in [0.25, 0.3) is 0 Å². The van der Waals surface area contributed by atoms with Gasteiger partial charge in [-0.15, -0.1) is 0 Å². The number of hydrogen-bond donors (Lipinski definition) is 1. The summed E-state index contributed by atoms with van der Waals surface area (Å²) in [7, 11) is 0. The fourth-order valence-electron chi connectivity index (χ4n) is 10.3. The Labute approximate surface area is 233 Å². The molecular formula is C34H57NO3. The largest absolute Gasteiger partial charge is 0.461 e. The zero-order chi connectivity index (χ0) is 27.1. The summed E-state index contributed by atoms with van der Waals surface area (Å²) in [6, 6.07) is 0. The molecule has 0 bridgehead atoms. The number of nitrogens with zero attached hydrogens (tertiary/aromatic N) is 1. The van der Waals surface area contributed by atoms with Crippen molar-refractivity contribution in [2.75, 3.05) is 19.6 Å². The van der Waals surface area contributed by atoms with Crippen molar-refractivity contribution in [3.05, 3.63) is 11.6 Å². The number of esters is 1. The van der Waals surface area contributed by atoms with E-state index in [-0.39, 0.29) is 12.1 Å². The first-order chi connectivity index (χ1) is 18.0. The first kappa shape index (κ1) is 28.7. The van der Waals surface area contributed by atoms with Crippen molar-refractivity contribution in [2.24, 2.45) is 40.4 Å². The number of hydrogen-bond acceptors (Lipinski definition) is 4. The molecule has 4 fully saturated rings. The molecule has 1 aliphatic heterocycles. The maximum Gasteiger partial charge on any atom is 0.320 e. The van der Waals surface area contributed by atoms with Gasteiger partial charge >= 0.3 is 5.97 Å². The highest BCUT2D eigenvalue weighted by Gasteiger charge is 2.59. The molecule has 38 heavy (non-hydrogen) atoms. The van der Waals surface area contributed by atoms with E-state index < -0.39 is 5.60 Å². The van der Waals surface area contributed by atoms with E-state index in [1.807, 2.05) is 13.8 Å². The Kier molecular flexibility index (Phi) is 8.44. The Bertz CT molecular complexity index is 869. The Morgan fingerprint density at radius 2 is 1.87 bits per heavy atom. The number of aliphatic hydroxyl groups is 1. The molecule has 8 atom stereocenters. The average molecular weight is 528 g/mol. The third-order valence-corrected chi connectivity index (χ3v) is 12.4. The van der Waals surface area contributed by atoms with Gasteiger partial charge in [0.05, 0.1) is 12.1 Å². The van der Waals surface area contributed by atoms with Gasteiger partial charge in [-0.25, -0.2) is 0 Å². The summed E-state index contributed by atoms with van der Waals surface area (Å²) in [5.41, 5.74) is 1.86. The van der Waals surface area contributed by atoms with E-state index in [1.165, 1.54) is 64.2 Å².